The smallest absolute Gasteiger partial charge is 0.338 e. The molecule has 0 bridgehead atoms. The molecule has 42 heavy (non-hydrogen) atoms. The van der Waals surface area contributed by atoms with Crippen LogP contribution in [0.5, 0.6) is 5.75 Å². The van der Waals surface area contributed by atoms with Gasteiger partial charge in [0.05, 0.1) is 12.2 Å². The molecular formula is C38H46O4. The second kappa shape index (κ2) is 19.4. The van der Waals surface area contributed by atoms with Gasteiger partial charge in [-0.05, 0) is 80.2 Å². The zero-order valence-corrected chi connectivity index (χ0v) is 25.0. The average Bonchev–Trinajstić information content (AvgIpc) is 3.45. The first-order valence-corrected chi connectivity index (χ1v) is 15.6. The molecule has 1 fully saturated rings. The Bertz CT molecular complexity index is 1170. The van der Waals surface area contributed by atoms with Gasteiger partial charge < -0.3 is 9.47 Å². The Hall–Kier alpha value is -3.76. The summed E-state index contributed by atoms with van der Waals surface area (Å²) in [4.78, 5) is 24.6. The van der Waals surface area contributed by atoms with E-state index in [1.807, 2.05) is 0 Å². The van der Waals surface area contributed by atoms with Gasteiger partial charge in [0.1, 0.15) is 5.75 Å². The number of ether oxygens (including phenoxy) is 2. The lowest BCUT2D eigenvalue weighted by Gasteiger charge is -2.18. The van der Waals surface area contributed by atoms with Crippen LogP contribution in [0.1, 0.15) is 99.4 Å². The van der Waals surface area contributed by atoms with Crippen molar-refractivity contribution in [3.63, 3.8) is 0 Å². The maximum atomic E-state index is 12.3. The van der Waals surface area contributed by atoms with E-state index in [2.05, 4.69) is 54.3 Å². The van der Waals surface area contributed by atoms with Gasteiger partial charge in [0.2, 0.25) is 0 Å². The van der Waals surface area contributed by atoms with Crippen LogP contribution in [0.2, 0.25) is 0 Å². The van der Waals surface area contributed by atoms with Gasteiger partial charge >= 0.3 is 11.9 Å². The lowest BCUT2D eigenvalue weighted by Crippen LogP contribution is -2.14. The Labute approximate surface area is 253 Å². The number of unbranched alkanes of at least 4 members (excludes halogenated alkanes) is 3. The molecule has 2 aromatic carbocycles. The SMILES string of the molecule is C#CCC(CC#C)COC(=O)c1ccc(OC(=O)CCC/C=C\C[C@H]2CCC[C@@H]2CCCCCc2ccccc2)cc1. The lowest BCUT2D eigenvalue weighted by atomic mass is 9.88. The second-order valence-electron chi connectivity index (χ2n) is 11.4. The molecule has 222 valence electrons. The van der Waals surface area contributed by atoms with E-state index < -0.39 is 5.97 Å². The van der Waals surface area contributed by atoms with E-state index in [9.17, 15) is 9.59 Å². The van der Waals surface area contributed by atoms with Crippen molar-refractivity contribution in [2.45, 2.75) is 89.9 Å². The first-order valence-electron chi connectivity index (χ1n) is 15.6. The number of benzene rings is 2. The van der Waals surface area contributed by atoms with Crippen LogP contribution in [0.3, 0.4) is 0 Å². The Morgan fingerprint density at radius 1 is 0.881 bits per heavy atom. The van der Waals surface area contributed by atoms with Crippen LogP contribution < -0.4 is 4.74 Å². The fourth-order valence-electron chi connectivity index (χ4n) is 5.76. The molecule has 2 aromatic rings. The summed E-state index contributed by atoms with van der Waals surface area (Å²) < 4.78 is 10.8. The minimum atomic E-state index is -0.457. The second-order valence-corrected chi connectivity index (χ2v) is 11.4. The van der Waals surface area contributed by atoms with Crippen molar-refractivity contribution in [2.75, 3.05) is 6.61 Å². The van der Waals surface area contributed by atoms with E-state index in [-0.39, 0.29) is 18.5 Å². The van der Waals surface area contributed by atoms with Gasteiger partial charge in [-0.15, -0.1) is 24.7 Å². The molecule has 1 aliphatic rings. The molecule has 1 saturated carbocycles. The molecule has 0 spiro atoms. The van der Waals surface area contributed by atoms with Crippen LogP contribution >= 0.6 is 0 Å². The summed E-state index contributed by atoms with van der Waals surface area (Å²) in [5.41, 5.74) is 1.83. The number of carbonyl (C=O) groups is 2. The van der Waals surface area contributed by atoms with Crippen LogP contribution in [-0.2, 0) is 16.0 Å². The maximum absolute atomic E-state index is 12.3. The third-order valence-corrected chi connectivity index (χ3v) is 8.14. The van der Waals surface area contributed by atoms with Crippen LogP contribution in [0, 0.1) is 42.4 Å². The van der Waals surface area contributed by atoms with Crippen LogP contribution in [0.25, 0.3) is 0 Å². The lowest BCUT2D eigenvalue weighted by molar-refractivity contribution is -0.134. The van der Waals surface area contributed by atoms with E-state index in [1.54, 1.807) is 24.3 Å². The summed E-state index contributed by atoms with van der Waals surface area (Å²) in [5, 5.41) is 0. The van der Waals surface area contributed by atoms with E-state index in [0.717, 1.165) is 31.1 Å². The van der Waals surface area contributed by atoms with Gasteiger partial charge in [-0.25, -0.2) is 4.79 Å². The van der Waals surface area contributed by atoms with Gasteiger partial charge in [-0.2, -0.15) is 0 Å². The molecule has 0 aliphatic heterocycles. The van der Waals surface area contributed by atoms with E-state index in [1.165, 1.54) is 56.9 Å². The number of carbonyl (C=O) groups excluding carboxylic acids is 2. The number of hydrogen-bond donors (Lipinski definition) is 0. The molecular weight excluding hydrogens is 520 g/mol. The van der Waals surface area contributed by atoms with E-state index in [0.29, 0.717) is 30.6 Å². The Balaban J connectivity index is 1.26. The third kappa shape index (κ3) is 12.4. The van der Waals surface area contributed by atoms with Gasteiger partial charge in [-0.3, -0.25) is 4.79 Å². The average molecular weight is 567 g/mol. The van der Waals surface area contributed by atoms with Gasteiger partial charge in [-0.1, -0.05) is 74.6 Å². The zero-order valence-electron chi connectivity index (χ0n) is 25.0. The summed E-state index contributed by atoms with van der Waals surface area (Å²) in [6.45, 7) is 0.176. The molecule has 0 saturated heterocycles. The highest BCUT2D eigenvalue weighted by atomic mass is 16.5. The predicted molar refractivity (Wildman–Crippen MR) is 170 cm³/mol. The van der Waals surface area contributed by atoms with Crippen molar-refractivity contribution in [3.05, 3.63) is 77.9 Å². The van der Waals surface area contributed by atoms with Crippen molar-refractivity contribution in [3.8, 4) is 30.4 Å². The highest BCUT2D eigenvalue weighted by Crippen LogP contribution is 2.37. The minimum absolute atomic E-state index is 0.0517. The van der Waals surface area contributed by atoms with Gasteiger partial charge in [0.15, 0.2) is 0 Å². The fourth-order valence-corrected chi connectivity index (χ4v) is 5.76. The molecule has 0 heterocycles. The number of rotatable bonds is 18. The first kappa shape index (κ1) is 32.8. The molecule has 0 aromatic heterocycles. The number of allylic oxidation sites excluding steroid dienone is 2. The molecule has 3 rings (SSSR count). The summed E-state index contributed by atoms with van der Waals surface area (Å²) in [6.07, 6.45) is 29.9. The summed E-state index contributed by atoms with van der Waals surface area (Å²) in [5.74, 6) is 6.42. The Kier molecular flexibility index (Phi) is 15.1. The van der Waals surface area contributed by atoms with Gasteiger partial charge in [0, 0.05) is 25.2 Å². The summed E-state index contributed by atoms with van der Waals surface area (Å²) in [7, 11) is 0. The molecule has 0 radical (unpaired) electrons. The molecule has 4 heteroatoms. The maximum Gasteiger partial charge on any atom is 0.338 e. The zero-order chi connectivity index (χ0) is 29.8. The molecule has 0 amide bonds. The molecule has 4 nitrogen and oxygen atoms in total. The van der Waals surface area contributed by atoms with Crippen molar-refractivity contribution < 1.29 is 19.1 Å². The van der Waals surface area contributed by atoms with Crippen LogP contribution in [0.15, 0.2) is 66.7 Å². The standard InChI is InChI=1S/C38H46O4/c1-3-16-32(17-4-2)30-41-38(40)35-26-28-36(29-27-35)42-37(39)25-14-6-5-12-21-33-23-15-24-34(33)22-13-8-11-20-31-18-9-7-10-19-31/h1-2,5,7,9-10,12,18-19,26-29,32-34H,6,8,11,13-17,20-25,30H2/b12-5-/t33-,34-/m0/s1. The monoisotopic (exact) mass is 566 g/mol. The van der Waals surface area contributed by atoms with Gasteiger partial charge in [0.25, 0.3) is 0 Å². The highest BCUT2D eigenvalue weighted by Gasteiger charge is 2.25. The quantitative estimate of drug-likeness (QED) is 0.0595. The third-order valence-electron chi connectivity index (χ3n) is 8.14. The van der Waals surface area contributed by atoms with E-state index in [4.69, 9.17) is 22.3 Å². The first-order chi connectivity index (χ1) is 20.6. The number of hydrogen-bond acceptors (Lipinski definition) is 4. The van der Waals surface area contributed by atoms with Crippen LogP contribution in [-0.4, -0.2) is 18.5 Å². The highest BCUT2D eigenvalue weighted by molar-refractivity contribution is 5.89. The number of terminal acetylenes is 2. The number of aryl methyl sites for hydroxylation is 1. The Morgan fingerprint density at radius 2 is 1.62 bits per heavy atom. The van der Waals surface area contributed by atoms with Crippen molar-refractivity contribution in [1.82, 2.24) is 0 Å². The predicted octanol–water partition coefficient (Wildman–Crippen LogP) is 8.75. The normalized spacial score (nSPS) is 16.3. The molecule has 0 unspecified atom stereocenters. The van der Waals surface area contributed by atoms with Crippen LogP contribution in [0.4, 0.5) is 0 Å². The summed E-state index contributed by atoms with van der Waals surface area (Å²) >= 11 is 0. The van der Waals surface area contributed by atoms with Crippen molar-refractivity contribution in [1.29, 1.82) is 0 Å². The Morgan fingerprint density at radius 3 is 2.36 bits per heavy atom. The topological polar surface area (TPSA) is 52.6 Å². The molecule has 0 N–H and O–H groups in total. The van der Waals surface area contributed by atoms with Crippen molar-refractivity contribution in [2.24, 2.45) is 17.8 Å². The van der Waals surface area contributed by atoms with Crippen molar-refractivity contribution >= 4 is 11.9 Å². The molecule has 2 atom stereocenters. The summed E-state index contributed by atoms with van der Waals surface area (Å²) in [6, 6.07) is 17.2. The fraction of sp³-hybridized carbons (Fsp3) is 0.474. The number of esters is 2. The molecule has 1 aliphatic carbocycles. The minimum Gasteiger partial charge on any atom is -0.462 e. The van der Waals surface area contributed by atoms with E-state index >= 15 is 0 Å². The largest absolute Gasteiger partial charge is 0.462 e.